The van der Waals surface area contributed by atoms with Crippen LogP contribution in [0.5, 0.6) is 0 Å². The van der Waals surface area contributed by atoms with E-state index in [9.17, 15) is 0 Å². The maximum Gasteiger partial charge on any atom is 0.0233 e. The van der Waals surface area contributed by atoms with E-state index < -0.39 is 0 Å². The molecule has 3 rings (SSSR count). The number of likely N-dealkylation sites (tertiary alicyclic amines) is 1. The summed E-state index contributed by atoms with van der Waals surface area (Å²) in [6.45, 7) is 4.90. The Morgan fingerprint density at radius 1 is 1.00 bits per heavy atom. The predicted octanol–water partition coefficient (Wildman–Crippen LogP) is 3.43. The van der Waals surface area contributed by atoms with E-state index >= 15 is 0 Å². The summed E-state index contributed by atoms with van der Waals surface area (Å²) in [6.07, 6.45) is 8.45. The van der Waals surface area contributed by atoms with E-state index in [0.29, 0.717) is 0 Å². The molecule has 2 aliphatic rings. The van der Waals surface area contributed by atoms with Gasteiger partial charge < -0.3 is 5.32 Å². The molecule has 1 heterocycles. The van der Waals surface area contributed by atoms with Gasteiger partial charge in [-0.2, -0.15) is 0 Å². The van der Waals surface area contributed by atoms with Gasteiger partial charge >= 0.3 is 0 Å². The van der Waals surface area contributed by atoms with Gasteiger partial charge in [0.2, 0.25) is 0 Å². The molecular weight excluding hydrogens is 244 g/mol. The molecule has 1 aliphatic heterocycles. The van der Waals surface area contributed by atoms with Gasteiger partial charge in [-0.1, -0.05) is 43.2 Å². The fourth-order valence-electron chi connectivity index (χ4n) is 3.77. The van der Waals surface area contributed by atoms with Gasteiger partial charge in [-0.25, -0.2) is 0 Å². The van der Waals surface area contributed by atoms with Crippen molar-refractivity contribution in [3.8, 4) is 0 Å². The van der Waals surface area contributed by atoms with Gasteiger partial charge in [-0.15, -0.1) is 0 Å². The lowest BCUT2D eigenvalue weighted by molar-refractivity contribution is 0.163. The second-order valence-corrected chi connectivity index (χ2v) is 6.62. The second kappa shape index (κ2) is 7.24. The average molecular weight is 272 g/mol. The largest absolute Gasteiger partial charge is 0.314 e. The summed E-state index contributed by atoms with van der Waals surface area (Å²) in [5, 5.41) is 3.81. The number of hydrogen-bond donors (Lipinski definition) is 1. The molecule has 1 saturated carbocycles. The molecule has 1 aromatic rings. The Bertz CT molecular complexity index is 384. The van der Waals surface area contributed by atoms with Gasteiger partial charge in [0, 0.05) is 19.1 Å². The van der Waals surface area contributed by atoms with E-state index in [1.54, 1.807) is 0 Å². The predicted molar refractivity (Wildman–Crippen MR) is 84.7 cm³/mol. The molecule has 1 saturated heterocycles. The Morgan fingerprint density at radius 3 is 2.60 bits per heavy atom. The van der Waals surface area contributed by atoms with E-state index in [1.807, 2.05) is 0 Å². The normalized spacial score (nSPS) is 25.1. The molecule has 2 nitrogen and oxygen atoms in total. The van der Waals surface area contributed by atoms with Crippen LogP contribution >= 0.6 is 0 Å². The van der Waals surface area contributed by atoms with Crippen LogP contribution in [0.4, 0.5) is 0 Å². The molecule has 0 radical (unpaired) electrons. The molecule has 2 fully saturated rings. The zero-order chi connectivity index (χ0) is 13.6. The highest BCUT2D eigenvalue weighted by molar-refractivity contribution is 5.14. The summed E-state index contributed by atoms with van der Waals surface area (Å²) in [7, 11) is 0. The maximum atomic E-state index is 3.81. The number of nitrogens with one attached hydrogen (secondary N) is 1. The highest BCUT2D eigenvalue weighted by Gasteiger charge is 2.21. The van der Waals surface area contributed by atoms with Gasteiger partial charge in [-0.05, 0) is 50.3 Å². The summed E-state index contributed by atoms with van der Waals surface area (Å²) in [5.41, 5.74) is 1.46. The van der Waals surface area contributed by atoms with Gasteiger partial charge in [0.05, 0.1) is 0 Å². The van der Waals surface area contributed by atoms with Crippen LogP contribution in [0.2, 0.25) is 0 Å². The lowest BCUT2D eigenvalue weighted by Gasteiger charge is -2.33. The van der Waals surface area contributed by atoms with Crippen molar-refractivity contribution in [2.45, 2.75) is 51.1 Å². The van der Waals surface area contributed by atoms with Crippen molar-refractivity contribution in [1.82, 2.24) is 10.2 Å². The third-order valence-electron chi connectivity index (χ3n) is 4.90. The van der Waals surface area contributed by atoms with Crippen LogP contribution in [0, 0.1) is 5.92 Å². The van der Waals surface area contributed by atoms with Crippen molar-refractivity contribution in [2.75, 3.05) is 19.6 Å². The van der Waals surface area contributed by atoms with Crippen LogP contribution in [-0.2, 0) is 6.54 Å². The molecule has 0 amide bonds. The van der Waals surface area contributed by atoms with Crippen LogP contribution in [0.15, 0.2) is 30.3 Å². The Balaban J connectivity index is 1.44. The minimum atomic E-state index is 0.819. The van der Waals surface area contributed by atoms with E-state index in [1.165, 1.54) is 63.7 Å². The zero-order valence-corrected chi connectivity index (χ0v) is 12.6. The smallest absolute Gasteiger partial charge is 0.0233 e. The Labute approximate surface area is 123 Å². The molecular formula is C18H28N2. The topological polar surface area (TPSA) is 15.3 Å². The van der Waals surface area contributed by atoms with Crippen LogP contribution in [0.1, 0.15) is 44.1 Å². The average Bonchev–Trinajstić information content (AvgIpc) is 3.00. The molecule has 1 N–H and O–H groups in total. The highest BCUT2D eigenvalue weighted by Crippen LogP contribution is 2.21. The minimum absolute atomic E-state index is 0.819. The first kappa shape index (κ1) is 14.1. The molecule has 1 aromatic carbocycles. The van der Waals surface area contributed by atoms with Crippen molar-refractivity contribution in [1.29, 1.82) is 0 Å². The molecule has 110 valence electrons. The zero-order valence-electron chi connectivity index (χ0n) is 12.6. The number of piperidine rings is 1. The Hall–Kier alpha value is -0.860. The SMILES string of the molecule is c1ccc(CN2CCC[C@@H](CNC3CCCC3)C2)cc1. The van der Waals surface area contributed by atoms with E-state index in [2.05, 4.69) is 40.5 Å². The van der Waals surface area contributed by atoms with E-state index in [0.717, 1.165) is 18.5 Å². The van der Waals surface area contributed by atoms with Crippen molar-refractivity contribution in [3.63, 3.8) is 0 Å². The summed E-state index contributed by atoms with van der Waals surface area (Å²) < 4.78 is 0. The lowest BCUT2D eigenvalue weighted by atomic mass is 9.97. The first-order valence-corrected chi connectivity index (χ1v) is 8.40. The van der Waals surface area contributed by atoms with Crippen LogP contribution in [0.25, 0.3) is 0 Å². The summed E-state index contributed by atoms with van der Waals surface area (Å²) in [4.78, 5) is 2.64. The second-order valence-electron chi connectivity index (χ2n) is 6.62. The van der Waals surface area contributed by atoms with Gasteiger partial charge in [0.1, 0.15) is 0 Å². The fourth-order valence-corrected chi connectivity index (χ4v) is 3.77. The van der Waals surface area contributed by atoms with Crippen molar-refractivity contribution in [2.24, 2.45) is 5.92 Å². The number of rotatable bonds is 5. The maximum absolute atomic E-state index is 3.81. The Kier molecular flexibility index (Phi) is 5.10. The van der Waals surface area contributed by atoms with Crippen molar-refractivity contribution < 1.29 is 0 Å². The van der Waals surface area contributed by atoms with Gasteiger partial charge in [-0.3, -0.25) is 4.90 Å². The van der Waals surface area contributed by atoms with Crippen LogP contribution in [-0.4, -0.2) is 30.6 Å². The van der Waals surface area contributed by atoms with Gasteiger partial charge in [0.25, 0.3) is 0 Å². The third kappa shape index (κ3) is 4.07. The minimum Gasteiger partial charge on any atom is -0.314 e. The molecule has 0 unspecified atom stereocenters. The first-order valence-electron chi connectivity index (χ1n) is 8.40. The Morgan fingerprint density at radius 2 is 1.80 bits per heavy atom. The fraction of sp³-hybridized carbons (Fsp3) is 0.667. The highest BCUT2D eigenvalue weighted by atomic mass is 15.1. The molecule has 0 spiro atoms. The summed E-state index contributed by atoms with van der Waals surface area (Å²) in [6, 6.07) is 11.7. The first-order chi connectivity index (χ1) is 9.90. The summed E-state index contributed by atoms with van der Waals surface area (Å²) >= 11 is 0. The molecule has 1 aliphatic carbocycles. The molecule has 20 heavy (non-hydrogen) atoms. The number of hydrogen-bond acceptors (Lipinski definition) is 2. The van der Waals surface area contributed by atoms with Crippen LogP contribution in [0.3, 0.4) is 0 Å². The summed E-state index contributed by atoms with van der Waals surface area (Å²) in [5.74, 6) is 0.855. The number of benzene rings is 1. The molecule has 2 heteroatoms. The quantitative estimate of drug-likeness (QED) is 0.883. The van der Waals surface area contributed by atoms with Crippen molar-refractivity contribution >= 4 is 0 Å². The lowest BCUT2D eigenvalue weighted by Crippen LogP contribution is -2.41. The molecule has 0 bridgehead atoms. The van der Waals surface area contributed by atoms with Crippen LogP contribution < -0.4 is 5.32 Å². The van der Waals surface area contributed by atoms with E-state index in [4.69, 9.17) is 0 Å². The van der Waals surface area contributed by atoms with E-state index in [-0.39, 0.29) is 0 Å². The standard InChI is InChI=1S/C18H28N2/c1-2-7-16(8-3-1)14-20-12-6-9-17(15-20)13-19-18-10-4-5-11-18/h1-3,7-8,17-19H,4-6,9-15H2/t17-/m0/s1. The monoisotopic (exact) mass is 272 g/mol. The van der Waals surface area contributed by atoms with Crippen molar-refractivity contribution in [3.05, 3.63) is 35.9 Å². The molecule has 0 aromatic heterocycles. The number of nitrogens with zero attached hydrogens (tertiary/aromatic N) is 1. The molecule has 1 atom stereocenters. The third-order valence-corrected chi connectivity index (χ3v) is 4.90. The van der Waals surface area contributed by atoms with Gasteiger partial charge in [0.15, 0.2) is 0 Å².